The van der Waals surface area contributed by atoms with Gasteiger partial charge in [-0.05, 0) is 7.05 Å². The normalized spacial score (nSPS) is 22.0. The average Bonchev–Trinajstić information content (AvgIpc) is 1.77. The van der Waals surface area contributed by atoms with Crippen molar-refractivity contribution in [3.8, 4) is 0 Å². The second-order valence-electron chi connectivity index (χ2n) is 2.43. The number of likely N-dealkylation sites (N-methyl/N-ethyl adjacent to an activating group) is 1. The van der Waals surface area contributed by atoms with E-state index in [1.54, 1.807) is 0 Å². The molecule has 0 bridgehead atoms. The van der Waals surface area contributed by atoms with Gasteiger partial charge in [0.25, 0.3) is 0 Å². The van der Waals surface area contributed by atoms with Gasteiger partial charge in [-0.25, -0.2) is 4.39 Å². The quantitative estimate of drug-likeness (QED) is 0.575. The van der Waals surface area contributed by atoms with E-state index in [1.165, 1.54) is 0 Å². The number of rotatable bonds is 3. The summed E-state index contributed by atoms with van der Waals surface area (Å²) in [5.74, 6) is 0. The first kappa shape index (κ1) is 6.96. The standard InChI is InChI=1S/C6H13FN2/c1-8-6-4-9(5-6)3-2-7/h6,8H,2-5H2,1H3. The summed E-state index contributed by atoms with van der Waals surface area (Å²) in [6.45, 7) is 2.43. The lowest BCUT2D eigenvalue weighted by Gasteiger charge is -2.38. The van der Waals surface area contributed by atoms with Crippen LogP contribution >= 0.6 is 0 Å². The summed E-state index contributed by atoms with van der Waals surface area (Å²) in [5.41, 5.74) is 0. The van der Waals surface area contributed by atoms with Gasteiger partial charge < -0.3 is 5.32 Å². The number of likely N-dealkylation sites (tertiary alicyclic amines) is 1. The van der Waals surface area contributed by atoms with Gasteiger partial charge in [-0.1, -0.05) is 0 Å². The van der Waals surface area contributed by atoms with Gasteiger partial charge in [0.15, 0.2) is 0 Å². The van der Waals surface area contributed by atoms with Crippen LogP contribution in [0.15, 0.2) is 0 Å². The van der Waals surface area contributed by atoms with Gasteiger partial charge in [0.1, 0.15) is 6.67 Å². The average molecular weight is 132 g/mol. The summed E-state index contributed by atoms with van der Waals surface area (Å²) in [5, 5.41) is 3.13. The lowest BCUT2D eigenvalue weighted by Crippen LogP contribution is -2.57. The molecule has 1 aliphatic rings. The molecule has 3 heteroatoms. The Bertz CT molecular complexity index is 81.1. The van der Waals surface area contributed by atoms with Crippen LogP contribution in [0.4, 0.5) is 4.39 Å². The van der Waals surface area contributed by atoms with Gasteiger partial charge >= 0.3 is 0 Å². The highest BCUT2D eigenvalue weighted by molar-refractivity contribution is 4.83. The van der Waals surface area contributed by atoms with Crippen LogP contribution in [-0.2, 0) is 0 Å². The monoisotopic (exact) mass is 132 g/mol. The minimum Gasteiger partial charge on any atom is -0.315 e. The number of nitrogens with one attached hydrogen (secondary N) is 1. The summed E-state index contributed by atoms with van der Waals surface area (Å²) in [4.78, 5) is 2.10. The molecule has 9 heavy (non-hydrogen) atoms. The van der Waals surface area contributed by atoms with Gasteiger partial charge in [-0.3, -0.25) is 4.90 Å². The van der Waals surface area contributed by atoms with Crippen LogP contribution in [0.1, 0.15) is 0 Å². The molecular formula is C6H13FN2. The molecule has 0 atom stereocenters. The maximum atomic E-state index is 11.6. The zero-order valence-electron chi connectivity index (χ0n) is 5.73. The second-order valence-corrected chi connectivity index (χ2v) is 2.43. The fraction of sp³-hybridized carbons (Fsp3) is 1.00. The number of alkyl halides is 1. The topological polar surface area (TPSA) is 15.3 Å². The van der Waals surface area contributed by atoms with Crippen LogP contribution in [0, 0.1) is 0 Å². The molecule has 1 heterocycles. The van der Waals surface area contributed by atoms with Crippen LogP contribution in [0.2, 0.25) is 0 Å². The van der Waals surface area contributed by atoms with E-state index >= 15 is 0 Å². The Kier molecular flexibility index (Phi) is 2.42. The van der Waals surface area contributed by atoms with Crippen molar-refractivity contribution in [2.45, 2.75) is 6.04 Å². The van der Waals surface area contributed by atoms with Crippen molar-refractivity contribution in [1.82, 2.24) is 10.2 Å². The SMILES string of the molecule is CNC1CN(CCF)C1. The molecule has 0 unspecified atom stereocenters. The largest absolute Gasteiger partial charge is 0.315 e. The van der Waals surface area contributed by atoms with Crippen molar-refractivity contribution >= 4 is 0 Å². The van der Waals surface area contributed by atoms with E-state index in [4.69, 9.17) is 0 Å². The Morgan fingerprint density at radius 1 is 1.67 bits per heavy atom. The van der Waals surface area contributed by atoms with E-state index in [9.17, 15) is 4.39 Å². The highest BCUT2D eigenvalue weighted by Gasteiger charge is 2.23. The van der Waals surface area contributed by atoms with E-state index in [0.717, 1.165) is 13.1 Å². The van der Waals surface area contributed by atoms with Crippen molar-refractivity contribution in [2.75, 3.05) is 33.4 Å². The van der Waals surface area contributed by atoms with Gasteiger partial charge in [0.05, 0.1) is 0 Å². The molecule has 0 aliphatic carbocycles. The zero-order valence-corrected chi connectivity index (χ0v) is 5.73. The van der Waals surface area contributed by atoms with Crippen LogP contribution in [0.25, 0.3) is 0 Å². The van der Waals surface area contributed by atoms with Crippen molar-refractivity contribution in [3.05, 3.63) is 0 Å². The third-order valence-electron chi connectivity index (χ3n) is 1.77. The van der Waals surface area contributed by atoms with Crippen molar-refractivity contribution < 1.29 is 4.39 Å². The van der Waals surface area contributed by atoms with E-state index in [2.05, 4.69) is 10.2 Å². The van der Waals surface area contributed by atoms with Crippen LogP contribution in [-0.4, -0.2) is 44.3 Å². The Hall–Kier alpha value is -0.150. The summed E-state index contributed by atoms with van der Waals surface area (Å²) < 4.78 is 11.6. The lowest BCUT2D eigenvalue weighted by atomic mass is 10.1. The number of hydrogen-bond acceptors (Lipinski definition) is 2. The molecule has 1 aliphatic heterocycles. The molecule has 0 radical (unpaired) electrons. The highest BCUT2D eigenvalue weighted by Crippen LogP contribution is 2.05. The fourth-order valence-corrected chi connectivity index (χ4v) is 1.05. The summed E-state index contributed by atoms with van der Waals surface area (Å²) in [6, 6.07) is 0.608. The molecule has 2 nitrogen and oxygen atoms in total. The Morgan fingerprint density at radius 3 is 2.78 bits per heavy atom. The predicted octanol–water partition coefficient (Wildman–Crippen LogP) is -0.141. The highest BCUT2D eigenvalue weighted by atomic mass is 19.1. The third-order valence-corrected chi connectivity index (χ3v) is 1.77. The molecule has 1 N–H and O–H groups in total. The summed E-state index contributed by atoms with van der Waals surface area (Å²) in [7, 11) is 1.94. The molecular weight excluding hydrogens is 119 g/mol. The minimum atomic E-state index is -0.212. The smallest absolute Gasteiger partial charge is 0.102 e. The van der Waals surface area contributed by atoms with E-state index in [0.29, 0.717) is 12.6 Å². The number of nitrogens with zero attached hydrogens (tertiary/aromatic N) is 1. The van der Waals surface area contributed by atoms with E-state index in [1.807, 2.05) is 7.05 Å². The van der Waals surface area contributed by atoms with Crippen LogP contribution < -0.4 is 5.32 Å². The molecule has 1 rings (SSSR count). The van der Waals surface area contributed by atoms with Gasteiger partial charge in [-0.2, -0.15) is 0 Å². The third kappa shape index (κ3) is 1.63. The van der Waals surface area contributed by atoms with Gasteiger partial charge in [0.2, 0.25) is 0 Å². The summed E-state index contributed by atoms with van der Waals surface area (Å²) in [6.07, 6.45) is 0. The zero-order chi connectivity index (χ0) is 6.69. The van der Waals surface area contributed by atoms with Crippen LogP contribution in [0.3, 0.4) is 0 Å². The van der Waals surface area contributed by atoms with Crippen molar-refractivity contribution in [3.63, 3.8) is 0 Å². The molecule has 0 spiro atoms. The Morgan fingerprint density at radius 2 is 2.33 bits per heavy atom. The molecule has 1 fully saturated rings. The fourth-order valence-electron chi connectivity index (χ4n) is 1.05. The molecule has 1 saturated heterocycles. The molecule has 0 aromatic heterocycles. The Labute approximate surface area is 55.0 Å². The van der Waals surface area contributed by atoms with Crippen LogP contribution in [0.5, 0.6) is 0 Å². The number of halogens is 1. The predicted molar refractivity (Wildman–Crippen MR) is 35.3 cm³/mol. The molecule has 0 aromatic carbocycles. The maximum absolute atomic E-state index is 11.6. The first-order chi connectivity index (χ1) is 4.36. The van der Waals surface area contributed by atoms with Crippen molar-refractivity contribution in [2.24, 2.45) is 0 Å². The first-order valence-electron chi connectivity index (χ1n) is 3.32. The lowest BCUT2D eigenvalue weighted by molar-refractivity contribution is 0.122. The Balaban J connectivity index is 1.98. The second kappa shape index (κ2) is 3.13. The van der Waals surface area contributed by atoms with E-state index in [-0.39, 0.29) is 6.67 Å². The van der Waals surface area contributed by atoms with Gasteiger partial charge in [0, 0.05) is 25.7 Å². The van der Waals surface area contributed by atoms with Gasteiger partial charge in [-0.15, -0.1) is 0 Å². The van der Waals surface area contributed by atoms with E-state index < -0.39 is 0 Å². The number of hydrogen-bond donors (Lipinski definition) is 1. The molecule has 0 amide bonds. The minimum absolute atomic E-state index is 0.212. The molecule has 0 aromatic rings. The summed E-state index contributed by atoms with van der Waals surface area (Å²) >= 11 is 0. The maximum Gasteiger partial charge on any atom is 0.102 e. The van der Waals surface area contributed by atoms with Crippen molar-refractivity contribution in [1.29, 1.82) is 0 Å². The first-order valence-corrected chi connectivity index (χ1v) is 3.32. The molecule has 0 saturated carbocycles. The molecule has 54 valence electrons.